The topological polar surface area (TPSA) is 38.2 Å². The fourth-order valence-corrected chi connectivity index (χ4v) is 2.12. The Kier molecular flexibility index (Phi) is 3.72. The van der Waals surface area contributed by atoms with E-state index in [1.807, 2.05) is 19.2 Å². The van der Waals surface area contributed by atoms with Crippen molar-refractivity contribution in [1.82, 2.24) is 9.97 Å². The highest BCUT2D eigenvalue weighted by molar-refractivity contribution is 5.30. The first-order valence-electron chi connectivity index (χ1n) is 5.83. The Bertz CT molecular complexity index is 335. The number of ether oxygens (including phenoxy) is 1. The van der Waals surface area contributed by atoms with Crippen LogP contribution in [-0.2, 0) is 4.74 Å². The number of aromatic nitrogens is 2. The summed E-state index contributed by atoms with van der Waals surface area (Å²) in [7, 11) is 1.77. The number of piperidine rings is 1. The van der Waals surface area contributed by atoms with Gasteiger partial charge in [-0.05, 0) is 31.7 Å². The number of methoxy groups -OCH3 is 1. The van der Waals surface area contributed by atoms with Crippen LogP contribution in [0.1, 0.15) is 18.5 Å². The van der Waals surface area contributed by atoms with Gasteiger partial charge in [-0.3, -0.25) is 0 Å². The number of hydrogen-bond donors (Lipinski definition) is 0. The molecule has 16 heavy (non-hydrogen) atoms. The molecule has 0 amide bonds. The van der Waals surface area contributed by atoms with Crippen molar-refractivity contribution in [2.24, 2.45) is 5.92 Å². The summed E-state index contributed by atoms with van der Waals surface area (Å²) >= 11 is 0. The molecule has 4 nitrogen and oxygen atoms in total. The Labute approximate surface area is 96.7 Å². The first-order chi connectivity index (χ1) is 7.79. The summed E-state index contributed by atoms with van der Waals surface area (Å²) in [6, 6.07) is 1.93. The highest BCUT2D eigenvalue weighted by Crippen LogP contribution is 2.20. The molecule has 1 aromatic rings. The van der Waals surface area contributed by atoms with Gasteiger partial charge in [0, 0.05) is 38.7 Å². The lowest BCUT2D eigenvalue weighted by Gasteiger charge is -2.31. The summed E-state index contributed by atoms with van der Waals surface area (Å²) in [5.74, 6) is 1.57. The maximum atomic E-state index is 5.19. The van der Waals surface area contributed by atoms with Crippen molar-refractivity contribution >= 4 is 5.95 Å². The lowest BCUT2D eigenvalue weighted by Crippen LogP contribution is -2.36. The molecule has 0 unspecified atom stereocenters. The third-order valence-electron chi connectivity index (χ3n) is 3.08. The highest BCUT2D eigenvalue weighted by Gasteiger charge is 2.20. The standard InChI is InChI=1S/C12H19N3O/c1-10-3-6-13-12(14-10)15-7-4-11(5-8-15)9-16-2/h3,6,11H,4-5,7-9H2,1-2H3. The summed E-state index contributed by atoms with van der Waals surface area (Å²) < 4.78 is 5.19. The molecule has 0 radical (unpaired) electrons. The van der Waals surface area contributed by atoms with Crippen molar-refractivity contribution in [3.63, 3.8) is 0 Å². The third-order valence-corrected chi connectivity index (χ3v) is 3.08. The van der Waals surface area contributed by atoms with Crippen LogP contribution in [0.2, 0.25) is 0 Å². The van der Waals surface area contributed by atoms with Crippen molar-refractivity contribution < 1.29 is 4.74 Å². The normalized spacial score (nSPS) is 17.8. The first-order valence-corrected chi connectivity index (χ1v) is 5.83. The Hall–Kier alpha value is -1.16. The van der Waals surface area contributed by atoms with Crippen LogP contribution in [0, 0.1) is 12.8 Å². The molecule has 0 bridgehead atoms. The molecule has 1 fully saturated rings. The fourth-order valence-electron chi connectivity index (χ4n) is 2.12. The van der Waals surface area contributed by atoms with E-state index in [0.29, 0.717) is 5.92 Å². The van der Waals surface area contributed by atoms with Crippen LogP contribution in [0.4, 0.5) is 5.95 Å². The van der Waals surface area contributed by atoms with Gasteiger partial charge >= 0.3 is 0 Å². The van der Waals surface area contributed by atoms with Crippen molar-refractivity contribution in [1.29, 1.82) is 0 Å². The van der Waals surface area contributed by atoms with Crippen molar-refractivity contribution in [3.05, 3.63) is 18.0 Å². The van der Waals surface area contributed by atoms with E-state index in [1.54, 1.807) is 7.11 Å². The van der Waals surface area contributed by atoms with E-state index in [2.05, 4.69) is 14.9 Å². The summed E-state index contributed by atoms with van der Waals surface area (Å²) in [6.45, 7) is 4.96. The molecule has 0 N–H and O–H groups in total. The molecule has 1 aliphatic heterocycles. The van der Waals surface area contributed by atoms with Gasteiger partial charge in [0.15, 0.2) is 0 Å². The van der Waals surface area contributed by atoms with Gasteiger partial charge in [0.25, 0.3) is 0 Å². The molecule has 2 rings (SSSR count). The van der Waals surface area contributed by atoms with E-state index < -0.39 is 0 Å². The molecule has 0 atom stereocenters. The number of hydrogen-bond acceptors (Lipinski definition) is 4. The van der Waals surface area contributed by atoms with Gasteiger partial charge in [-0.1, -0.05) is 0 Å². The average Bonchev–Trinajstić information content (AvgIpc) is 2.30. The molecule has 0 spiro atoms. The maximum absolute atomic E-state index is 5.19. The Balaban J connectivity index is 1.94. The Morgan fingerprint density at radius 1 is 1.44 bits per heavy atom. The Morgan fingerprint density at radius 2 is 2.19 bits per heavy atom. The van der Waals surface area contributed by atoms with Crippen LogP contribution in [0.3, 0.4) is 0 Å². The summed E-state index contributed by atoms with van der Waals surface area (Å²) in [5.41, 5.74) is 1.03. The van der Waals surface area contributed by atoms with E-state index in [4.69, 9.17) is 4.74 Å². The lowest BCUT2D eigenvalue weighted by atomic mass is 9.98. The van der Waals surface area contributed by atoms with Crippen LogP contribution in [0.25, 0.3) is 0 Å². The van der Waals surface area contributed by atoms with Gasteiger partial charge in [-0.15, -0.1) is 0 Å². The zero-order valence-corrected chi connectivity index (χ0v) is 10.0. The van der Waals surface area contributed by atoms with Gasteiger partial charge < -0.3 is 9.64 Å². The SMILES string of the molecule is COCC1CCN(c2nccc(C)n2)CC1. The zero-order valence-electron chi connectivity index (χ0n) is 10.0. The number of nitrogens with zero attached hydrogens (tertiary/aromatic N) is 3. The van der Waals surface area contributed by atoms with Crippen molar-refractivity contribution in [2.75, 3.05) is 31.7 Å². The first kappa shape index (κ1) is 11.3. The minimum Gasteiger partial charge on any atom is -0.384 e. The minimum absolute atomic E-state index is 0.700. The molecular formula is C12H19N3O. The van der Waals surface area contributed by atoms with Gasteiger partial charge in [-0.25, -0.2) is 9.97 Å². The second-order valence-corrected chi connectivity index (χ2v) is 4.38. The monoisotopic (exact) mass is 221 g/mol. The van der Waals surface area contributed by atoms with Crippen LogP contribution in [0.15, 0.2) is 12.3 Å². The molecular weight excluding hydrogens is 202 g/mol. The zero-order chi connectivity index (χ0) is 11.4. The highest BCUT2D eigenvalue weighted by atomic mass is 16.5. The second kappa shape index (κ2) is 5.25. The molecule has 0 aromatic carbocycles. The smallest absolute Gasteiger partial charge is 0.225 e. The molecule has 1 saturated heterocycles. The third kappa shape index (κ3) is 2.70. The van der Waals surface area contributed by atoms with E-state index >= 15 is 0 Å². The number of aryl methyl sites for hydroxylation is 1. The van der Waals surface area contributed by atoms with Gasteiger partial charge in [0.1, 0.15) is 0 Å². The van der Waals surface area contributed by atoms with E-state index in [9.17, 15) is 0 Å². The van der Waals surface area contributed by atoms with Gasteiger partial charge in [0.05, 0.1) is 0 Å². The summed E-state index contributed by atoms with van der Waals surface area (Å²) in [5, 5.41) is 0. The largest absolute Gasteiger partial charge is 0.384 e. The summed E-state index contributed by atoms with van der Waals surface area (Å²) in [4.78, 5) is 11.0. The van der Waals surface area contributed by atoms with Crippen LogP contribution < -0.4 is 4.90 Å². The molecule has 1 aliphatic rings. The number of rotatable bonds is 3. The fraction of sp³-hybridized carbons (Fsp3) is 0.667. The molecule has 2 heterocycles. The van der Waals surface area contributed by atoms with E-state index in [0.717, 1.165) is 31.3 Å². The Morgan fingerprint density at radius 3 is 2.81 bits per heavy atom. The maximum Gasteiger partial charge on any atom is 0.225 e. The lowest BCUT2D eigenvalue weighted by molar-refractivity contribution is 0.139. The van der Waals surface area contributed by atoms with Crippen LogP contribution in [0.5, 0.6) is 0 Å². The summed E-state index contributed by atoms with van der Waals surface area (Å²) in [6.07, 6.45) is 4.18. The molecule has 0 aliphatic carbocycles. The van der Waals surface area contributed by atoms with Crippen LogP contribution >= 0.6 is 0 Å². The van der Waals surface area contributed by atoms with Crippen LogP contribution in [-0.4, -0.2) is 36.8 Å². The quantitative estimate of drug-likeness (QED) is 0.778. The molecule has 4 heteroatoms. The second-order valence-electron chi connectivity index (χ2n) is 4.38. The van der Waals surface area contributed by atoms with Gasteiger partial charge in [-0.2, -0.15) is 0 Å². The predicted molar refractivity (Wildman–Crippen MR) is 63.6 cm³/mol. The molecule has 88 valence electrons. The van der Waals surface area contributed by atoms with Crippen molar-refractivity contribution in [3.8, 4) is 0 Å². The minimum atomic E-state index is 0.700. The van der Waals surface area contributed by atoms with Crippen molar-refractivity contribution in [2.45, 2.75) is 19.8 Å². The average molecular weight is 221 g/mol. The van der Waals surface area contributed by atoms with Gasteiger partial charge in [0.2, 0.25) is 5.95 Å². The molecule has 0 saturated carbocycles. The number of anilines is 1. The van der Waals surface area contributed by atoms with E-state index in [1.165, 1.54) is 12.8 Å². The van der Waals surface area contributed by atoms with E-state index in [-0.39, 0.29) is 0 Å². The molecule has 1 aromatic heterocycles. The predicted octanol–water partition coefficient (Wildman–Crippen LogP) is 1.65.